The number of methoxy groups -OCH3 is 1. The summed E-state index contributed by atoms with van der Waals surface area (Å²) < 4.78 is 4.53. The highest BCUT2D eigenvalue weighted by Gasteiger charge is 2.06. The van der Waals surface area contributed by atoms with E-state index < -0.39 is 6.09 Å². The zero-order chi connectivity index (χ0) is 13.8. The van der Waals surface area contributed by atoms with Crippen molar-refractivity contribution in [3.8, 4) is 11.3 Å². The van der Waals surface area contributed by atoms with E-state index in [1.807, 2.05) is 30.5 Å². The van der Waals surface area contributed by atoms with Crippen molar-refractivity contribution in [3.63, 3.8) is 0 Å². The average Bonchev–Trinajstić information content (AvgIpc) is 2.89. The van der Waals surface area contributed by atoms with Crippen LogP contribution in [0, 0.1) is 0 Å². The Hall–Kier alpha value is -2.30. The van der Waals surface area contributed by atoms with Crippen LogP contribution in [0.2, 0.25) is 0 Å². The topological polar surface area (TPSA) is 67.0 Å². The van der Waals surface area contributed by atoms with Crippen molar-refractivity contribution in [2.75, 3.05) is 12.4 Å². The summed E-state index contributed by atoms with van der Waals surface area (Å²) in [5.41, 5.74) is 2.68. The van der Waals surface area contributed by atoms with Gasteiger partial charge in [0.05, 0.1) is 19.0 Å². The number of H-pyrrole nitrogens is 1. The summed E-state index contributed by atoms with van der Waals surface area (Å²) in [5.74, 6) is 1.33. The SMILES string of the molecule is COC(=O)Nc1ccc(-c2cnc(C(C)C)[nH]2)cc1. The third-order valence-electron chi connectivity index (χ3n) is 2.77. The molecule has 2 N–H and O–H groups in total. The van der Waals surface area contributed by atoms with Crippen molar-refractivity contribution >= 4 is 11.8 Å². The molecule has 0 spiro atoms. The Bertz CT molecular complexity index is 558. The van der Waals surface area contributed by atoms with Crippen LogP contribution in [0.5, 0.6) is 0 Å². The molecule has 0 atom stereocenters. The Labute approximate surface area is 112 Å². The minimum absolute atomic E-state index is 0.369. The van der Waals surface area contributed by atoms with Crippen LogP contribution in [0.4, 0.5) is 10.5 Å². The van der Waals surface area contributed by atoms with Gasteiger partial charge in [0, 0.05) is 11.6 Å². The number of amides is 1. The third-order valence-corrected chi connectivity index (χ3v) is 2.77. The molecule has 2 rings (SSSR count). The van der Waals surface area contributed by atoms with Crippen LogP contribution in [-0.4, -0.2) is 23.2 Å². The fourth-order valence-corrected chi connectivity index (χ4v) is 1.68. The van der Waals surface area contributed by atoms with Crippen LogP contribution < -0.4 is 5.32 Å². The first kappa shape index (κ1) is 13.1. The molecule has 0 fully saturated rings. The van der Waals surface area contributed by atoms with Gasteiger partial charge in [0.25, 0.3) is 0 Å². The minimum atomic E-state index is -0.476. The van der Waals surface area contributed by atoms with Crippen LogP contribution in [0.3, 0.4) is 0 Å². The number of imidazole rings is 1. The first-order valence-corrected chi connectivity index (χ1v) is 6.10. The molecule has 2 aromatic rings. The number of carbonyl (C=O) groups excluding carboxylic acids is 1. The summed E-state index contributed by atoms with van der Waals surface area (Å²) in [4.78, 5) is 18.7. The number of rotatable bonds is 3. The second kappa shape index (κ2) is 5.56. The van der Waals surface area contributed by atoms with E-state index in [1.54, 1.807) is 0 Å². The monoisotopic (exact) mass is 259 g/mol. The second-order valence-corrected chi connectivity index (χ2v) is 4.53. The Morgan fingerprint density at radius 3 is 2.53 bits per heavy atom. The van der Waals surface area contributed by atoms with Crippen LogP contribution in [0.25, 0.3) is 11.3 Å². The maximum Gasteiger partial charge on any atom is 0.411 e. The molecule has 19 heavy (non-hydrogen) atoms. The van der Waals surface area contributed by atoms with Crippen molar-refractivity contribution in [2.24, 2.45) is 0 Å². The van der Waals surface area contributed by atoms with Gasteiger partial charge in [-0.3, -0.25) is 5.32 Å². The summed E-state index contributed by atoms with van der Waals surface area (Å²) in [6.45, 7) is 4.18. The van der Waals surface area contributed by atoms with Crippen molar-refractivity contribution in [3.05, 3.63) is 36.3 Å². The van der Waals surface area contributed by atoms with Gasteiger partial charge in [0.15, 0.2) is 0 Å². The molecule has 0 saturated heterocycles. The van der Waals surface area contributed by atoms with E-state index in [9.17, 15) is 4.79 Å². The molecular formula is C14H17N3O2. The van der Waals surface area contributed by atoms with Crippen LogP contribution in [0.15, 0.2) is 30.5 Å². The van der Waals surface area contributed by atoms with Gasteiger partial charge in [0.1, 0.15) is 5.82 Å². The second-order valence-electron chi connectivity index (χ2n) is 4.53. The smallest absolute Gasteiger partial charge is 0.411 e. The molecule has 0 aliphatic carbocycles. The molecular weight excluding hydrogens is 242 g/mol. The number of nitrogens with one attached hydrogen (secondary N) is 2. The quantitative estimate of drug-likeness (QED) is 0.888. The van der Waals surface area contributed by atoms with Crippen molar-refractivity contribution in [1.29, 1.82) is 0 Å². The summed E-state index contributed by atoms with van der Waals surface area (Å²) in [7, 11) is 1.34. The van der Waals surface area contributed by atoms with E-state index in [2.05, 4.69) is 33.9 Å². The lowest BCUT2D eigenvalue weighted by Gasteiger charge is -2.04. The number of carbonyl (C=O) groups is 1. The van der Waals surface area contributed by atoms with Gasteiger partial charge in [-0.15, -0.1) is 0 Å². The van der Waals surface area contributed by atoms with E-state index >= 15 is 0 Å². The maximum absolute atomic E-state index is 11.1. The Balaban J connectivity index is 2.15. The lowest BCUT2D eigenvalue weighted by molar-refractivity contribution is 0.187. The lowest BCUT2D eigenvalue weighted by atomic mass is 10.1. The lowest BCUT2D eigenvalue weighted by Crippen LogP contribution is -2.10. The van der Waals surface area contributed by atoms with Gasteiger partial charge in [-0.1, -0.05) is 26.0 Å². The van der Waals surface area contributed by atoms with Gasteiger partial charge < -0.3 is 9.72 Å². The fraction of sp³-hybridized carbons (Fsp3) is 0.286. The summed E-state index contributed by atoms with van der Waals surface area (Å²) in [5, 5.41) is 2.61. The molecule has 1 aromatic heterocycles. The highest BCUT2D eigenvalue weighted by molar-refractivity contribution is 5.84. The molecule has 0 aliphatic rings. The molecule has 5 heteroatoms. The van der Waals surface area contributed by atoms with E-state index in [0.29, 0.717) is 11.6 Å². The molecule has 1 amide bonds. The predicted octanol–water partition coefficient (Wildman–Crippen LogP) is 3.38. The molecule has 0 radical (unpaired) electrons. The summed E-state index contributed by atoms with van der Waals surface area (Å²) >= 11 is 0. The van der Waals surface area contributed by atoms with Crippen LogP contribution >= 0.6 is 0 Å². The first-order chi connectivity index (χ1) is 9.10. The Morgan fingerprint density at radius 1 is 1.32 bits per heavy atom. The van der Waals surface area contributed by atoms with Gasteiger partial charge in [-0.25, -0.2) is 9.78 Å². The normalized spacial score (nSPS) is 10.5. The molecule has 0 aliphatic heterocycles. The molecule has 5 nitrogen and oxygen atoms in total. The fourth-order valence-electron chi connectivity index (χ4n) is 1.68. The first-order valence-electron chi connectivity index (χ1n) is 6.10. The molecule has 1 heterocycles. The number of aromatic nitrogens is 2. The van der Waals surface area contributed by atoms with E-state index in [1.165, 1.54) is 7.11 Å². The van der Waals surface area contributed by atoms with Crippen LogP contribution in [-0.2, 0) is 4.74 Å². The van der Waals surface area contributed by atoms with Crippen LogP contribution in [0.1, 0.15) is 25.6 Å². The highest BCUT2D eigenvalue weighted by Crippen LogP contribution is 2.21. The van der Waals surface area contributed by atoms with Gasteiger partial charge >= 0.3 is 6.09 Å². The van der Waals surface area contributed by atoms with Gasteiger partial charge in [-0.2, -0.15) is 0 Å². The molecule has 0 unspecified atom stereocenters. The molecule has 100 valence electrons. The summed E-state index contributed by atoms with van der Waals surface area (Å²) in [6.07, 6.45) is 1.34. The number of ether oxygens (including phenoxy) is 1. The number of hydrogen-bond donors (Lipinski definition) is 2. The summed E-state index contributed by atoms with van der Waals surface area (Å²) in [6, 6.07) is 7.48. The number of hydrogen-bond acceptors (Lipinski definition) is 3. The third kappa shape index (κ3) is 3.13. The van der Waals surface area contributed by atoms with E-state index in [0.717, 1.165) is 17.1 Å². The Morgan fingerprint density at radius 2 is 2.00 bits per heavy atom. The largest absolute Gasteiger partial charge is 0.453 e. The maximum atomic E-state index is 11.1. The van der Waals surface area contributed by atoms with Crippen molar-refractivity contribution < 1.29 is 9.53 Å². The van der Waals surface area contributed by atoms with Gasteiger partial charge in [-0.05, 0) is 17.7 Å². The minimum Gasteiger partial charge on any atom is -0.453 e. The zero-order valence-electron chi connectivity index (χ0n) is 11.2. The van der Waals surface area contributed by atoms with Gasteiger partial charge in [0.2, 0.25) is 0 Å². The number of anilines is 1. The van der Waals surface area contributed by atoms with Crippen molar-refractivity contribution in [1.82, 2.24) is 9.97 Å². The number of nitrogens with zero attached hydrogens (tertiary/aromatic N) is 1. The molecule has 0 bridgehead atoms. The predicted molar refractivity (Wildman–Crippen MR) is 74.1 cm³/mol. The van der Waals surface area contributed by atoms with Crippen molar-refractivity contribution in [2.45, 2.75) is 19.8 Å². The van der Waals surface area contributed by atoms with E-state index in [4.69, 9.17) is 0 Å². The highest BCUT2D eigenvalue weighted by atomic mass is 16.5. The Kier molecular flexibility index (Phi) is 3.85. The standard InChI is InChI=1S/C14H17N3O2/c1-9(2)13-15-8-12(17-13)10-4-6-11(7-5-10)16-14(18)19-3/h4-9H,1-3H3,(H,15,17)(H,16,18). The number of aromatic amines is 1. The molecule has 1 aromatic carbocycles. The number of benzene rings is 1. The van der Waals surface area contributed by atoms with E-state index in [-0.39, 0.29) is 0 Å². The zero-order valence-corrected chi connectivity index (χ0v) is 11.2. The molecule has 0 saturated carbocycles. The average molecular weight is 259 g/mol.